The van der Waals surface area contributed by atoms with Crippen molar-refractivity contribution in [1.29, 1.82) is 0 Å². The van der Waals surface area contributed by atoms with Crippen LogP contribution in [-0.4, -0.2) is 49.1 Å². The lowest BCUT2D eigenvalue weighted by molar-refractivity contribution is 0.0689. The number of piperidine rings is 1. The molecular formula is C13H22N4O2S. The molecule has 1 amide bonds. The van der Waals surface area contributed by atoms with Crippen LogP contribution in [0.15, 0.2) is 0 Å². The van der Waals surface area contributed by atoms with E-state index in [2.05, 4.69) is 17.2 Å². The summed E-state index contributed by atoms with van der Waals surface area (Å²) < 4.78 is 4.96. The van der Waals surface area contributed by atoms with Gasteiger partial charge in [0.2, 0.25) is 0 Å². The van der Waals surface area contributed by atoms with Gasteiger partial charge in [-0.25, -0.2) is 4.98 Å². The standard InChI is InChI=1S/C13H22N4O2S/c1-9-4-3-6-17(8-9)12(18)10-11(14)16-13(20-10)15-5-7-19-2/h9H,3-8,14H2,1-2H3,(H,15,16). The summed E-state index contributed by atoms with van der Waals surface area (Å²) in [5, 5.41) is 3.78. The highest BCUT2D eigenvalue weighted by atomic mass is 32.1. The van der Waals surface area contributed by atoms with Crippen LogP contribution < -0.4 is 11.1 Å². The maximum Gasteiger partial charge on any atom is 0.267 e. The van der Waals surface area contributed by atoms with E-state index in [1.807, 2.05) is 4.90 Å². The van der Waals surface area contributed by atoms with Crippen molar-refractivity contribution in [1.82, 2.24) is 9.88 Å². The zero-order valence-corrected chi connectivity index (χ0v) is 12.8. The lowest BCUT2D eigenvalue weighted by Gasteiger charge is -2.30. The zero-order valence-electron chi connectivity index (χ0n) is 12.0. The monoisotopic (exact) mass is 298 g/mol. The number of thiazole rings is 1. The molecule has 1 atom stereocenters. The first-order valence-corrected chi connectivity index (χ1v) is 7.72. The van der Waals surface area contributed by atoms with Crippen LogP contribution >= 0.6 is 11.3 Å². The van der Waals surface area contributed by atoms with Crippen molar-refractivity contribution >= 4 is 28.2 Å². The second-order valence-corrected chi connectivity index (χ2v) is 6.15. The number of carbonyl (C=O) groups is 1. The van der Waals surface area contributed by atoms with E-state index in [-0.39, 0.29) is 5.91 Å². The predicted octanol–water partition coefficient (Wildman–Crippen LogP) is 1.66. The van der Waals surface area contributed by atoms with E-state index in [1.165, 1.54) is 17.8 Å². The summed E-state index contributed by atoms with van der Waals surface area (Å²) in [6.07, 6.45) is 2.25. The topological polar surface area (TPSA) is 80.5 Å². The molecule has 0 bridgehead atoms. The van der Waals surface area contributed by atoms with Gasteiger partial charge in [0.05, 0.1) is 6.61 Å². The summed E-state index contributed by atoms with van der Waals surface area (Å²) in [4.78, 5) is 19.1. The van der Waals surface area contributed by atoms with Gasteiger partial charge in [0, 0.05) is 26.7 Å². The Morgan fingerprint density at radius 2 is 2.45 bits per heavy atom. The minimum absolute atomic E-state index is 0.00587. The number of hydrogen-bond acceptors (Lipinski definition) is 6. The van der Waals surface area contributed by atoms with Crippen LogP contribution in [-0.2, 0) is 4.74 Å². The molecule has 0 saturated carbocycles. The first kappa shape index (κ1) is 15.1. The molecule has 0 radical (unpaired) electrons. The number of likely N-dealkylation sites (tertiary alicyclic amines) is 1. The number of ether oxygens (including phenoxy) is 1. The van der Waals surface area contributed by atoms with Crippen LogP contribution in [0.1, 0.15) is 29.4 Å². The molecule has 3 N–H and O–H groups in total. The largest absolute Gasteiger partial charge is 0.383 e. The Labute approximate surface area is 123 Å². The van der Waals surface area contributed by atoms with Crippen LogP contribution in [0.3, 0.4) is 0 Å². The zero-order chi connectivity index (χ0) is 14.5. The van der Waals surface area contributed by atoms with Crippen molar-refractivity contribution in [2.45, 2.75) is 19.8 Å². The van der Waals surface area contributed by atoms with Gasteiger partial charge in [-0.3, -0.25) is 4.79 Å². The summed E-state index contributed by atoms with van der Waals surface area (Å²) in [7, 11) is 1.64. The lowest BCUT2D eigenvalue weighted by Crippen LogP contribution is -2.39. The van der Waals surface area contributed by atoms with E-state index in [0.717, 1.165) is 19.5 Å². The summed E-state index contributed by atoms with van der Waals surface area (Å²) in [5.41, 5.74) is 5.87. The fourth-order valence-electron chi connectivity index (χ4n) is 2.34. The Bertz CT molecular complexity index is 463. The summed E-state index contributed by atoms with van der Waals surface area (Å²) in [6.45, 7) is 5.03. The number of amides is 1. The highest BCUT2D eigenvalue weighted by molar-refractivity contribution is 7.18. The molecular weight excluding hydrogens is 276 g/mol. The third-order valence-corrected chi connectivity index (χ3v) is 4.39. The van der Waals surface area contributed by atoms with Crippen molar-refractivity contribution < 1.29 is 9.53 Å². The number of nitrogens with zero attached hydrogens (tertiary/aromatic N) is 2. The van der Waals surface area contributed by atoms with Gasteiger partial charge in [-0.05, 0) is 18.8 Å². The quantitative estimate of drug-likeness (QED) is 0.808. The van der Waals surface area contributed by atoms with Crippen molar-refractivity contribution in [3.63, 3.8) is 0 Å². The minimum atomic E-state index is 0.00587. The Balaban J connectivity index is 2.02. The maximum absolute atomic E-state index is 12.5. The Morgan fingerprint density at radius 1 is 1.65 bits per heavy atom. The highest BCUT2D eigenvalue weighted by Gasteiger charge is 2.25. The smallest absolute Gasteiger partial charge is 0.267 e. The van der Waals surface area contributed by atoms with Gasteiger partial charge in [-0.15, -0.1) is 0 Å². The van der Waals surface area contributed by atoms with Crippen LogP contribution in [0.4, 0.5) is 10.9 Å². The molecule has 1 aliphatic rings. The number of hydrogen-bond donors (Lipinski definition) is 2. The van der Waals surface area contributed by atoms with Crippen LogP contribution in [0.2, 0.25) is 0 Å². The van der Waals surface area contributed by atoms with Gasteiger partial charge in [0.25, 0.3) is 5.91 Å². The van der Waals surface area contributed by atoms with Gasteiger partial charge in [-0.1, -0.05) is 18.3 Å². The Kier molecular flexibility index (Phi) is 5.19. The van der Waals surface area contributed by atoms with E-state index in [0.29, 0.717) is 34.9 Å². The fourth-order valence-corrected chi connectivity index (χ4v) is 3.22. The molecule has 0 aromatic carbocycles. The highest BCUT2D eigenvalue weighted by Crippen LogP contribution is 2.28. The number of aromatic nitrogens is 1. The number of anilines is 2. The number of nitrogen functional groups attached to an aromatic ring is 1. The average molecular weight is 298 g/mol. The Morgan fingerprint density at radius 3 is 3.15 bits per heavy atom. The Hall–Kier alpha value is -1.34. The number of methoxy groups -OCH3 is 1. The molecule has 1 aromatic rings. The third-order valence-electron chi connectivity index (χ3n) is 3.37. The van der Waals surface area contributed by atoms with Crippen molar-refractivity contribution in [2.24, 2.45) is 5.92 Å². The van der Waals surface area contributed by atoms with Gasteiger partial charge in [0.1, 0.15) is 10.7 Å². The minimum Gasteiger partial charge on any atom is -0.383 e. The molecule has 0 spiro atoms. The normalized spacial score (nSPS) is 19.1. The second kappa shape index (κ2) is 6.90. The summed E-state index contributed by atoms with van der Waals surface area (Å²) in [5.74, 6) is 0.880. The van der Waals surface area contributed by atoms with Gasteiger partial charge < -0.3 is 20.7 Å². The van der Waals surface area contributed by atoms with E-state index in [1.54, 1.807) is 7.11 Å². The lowest BCUT2D eigenvalue weighted by atomic mass is 10.0. The van der Waals surface area contributed by atoms with Crippen LogP contribution in [0, 0.1) is 5.92 Å². The van der Waals surface area contributed by atoms with Crippen molar-refractivity contribution in [2.75, 3.05) is 44.4 Å². The third kappa shape index (κ3) is 3.61. The molecule has 1 unspecified atom stereocenters. The predicted molar refractivity (Wildman–Crippen MR) is 81.2 cm³/mol. The van der Waals surface area contributed by atoms with E-state index in [9.17, 15) is 4.79 Å². The number of rotatable bonds is 5. The van der Waals surface area contributed by atoms with Crippen molar-refractivity contribution in [3.8, 4) is 0 Å². The molecule has 1 fully saturated rings. The average Bonchev–Trinajstić information content (AvgIpc) is 2.79. The number of nitrogens with one attached hydrogen (secondary N) is 1. The molecule has 2 heterocycles. The van der Waals surface area contributed by atoms with E-state index in [4.69, 9.17) is 10.5 Å². The van der Waals surface area contributed by atoms with Gasteiger partial charge in [-0.2, -0.15) is 0 Å². The fraction of sp³-hybridized carbons (Fsp3) is 0.692. The van der Waals surface area contributed by atoms with Crippen molar-refractivity contribution in [3.05, 3.63) is 4.88 Å². The van der Waals surface area contributed by atoms with Crippen LogP contribution in [0.25, 0.3) is 0 Å². The SMILES string of the molecule is COCCNc1nc(N)c(C(=O)N2CCCC(C)C2)s1. The summed E-state index contributed by atoms with van der Waals surface area (Å²) in [6, 6.07) is 0. The molecule has 1 saturated heterocycles. The van der Waals surface area contributed by atoms with E-state index >= 15 is 0 Å². The van der Waals surface area contributed by atoms with Gasteiger partial charge >= 0.3 is 0 Å². The first-order chi connectivity index (χ1) is 9.61. The molecule has 6 nitrogen and oxygen atoms in total. The van der Waals surface area contributed by atoms with Crippen LogP contribution in [0.5, 0.6) is 0 Å². The molecule has 1 aromatic heterocycles. The molecule has 1 aliphatic heterocycles. The summed E-state index contributed by atoms with van der Waals surface area (Å²) >= 11 is 1.32. The number of carbonyl (C=O) groups excluding carboxylic acids is 1. The van der Waals surface area contributed by atoms with Gasteiger partial charge in [0.15, 0.2) is 5.13 Å². The first-order valence-electron chi connectivity index (χ1n) is 6.90. The molecule has 112 valence electrons. The molecule has 2 rings (SSSR count). The molecule has 0 aliphatic carbocycles. The maximum atomic E-state index is 12.5. The second-order valence-electron chi connectivity index (χ2n) is 5.15. The molecule has 20 heavy (non-hydrogen) atoms. The number of nitrogens with two attached hydrogens (primary N) is 1. The molecule has 7 heteroatoms. The van der Waals surface area contributed by atoms with E-state index < -0.39 is 0 Å².